The number of hydrogen-bond donors (Lipinski definition) is 4. The van der Waals surface area contributed by atoms with Crippen molar-refractivity contribution in [1.82, 2.24) is 4.90 Å². The van der Waals surface area contributed by atoms with E-state index in [9.17, 15) is 29.4 Å². The lowest BCUT2D eigenvalue weighted by atomic mass is 9.74. The minimum Gasteiger partial charge on any atom is -0.507 e. The molecule has 1 saturated heterocycles. The number of phenolic OH excluding ortho intramolecular Hbond substituents is 2. The Hall–Kier alpha value is -2.33. The molecule has 0 saturated carbocycles. The van der Waals surface area contributed by atoms with Gasteiger partial charge in [-0.25, -0.2) is 4.57 Å². The minimum atomic E-state index is -4.96. The van der Waals surface area contributed by atoms with Crippen molar-refractivity contribution in [3.63, 3.8) is 0 Å². The second-order valence-electron chi connectivity index (χ2n) is 7.91. The van der Waals surface area contributed by atoms with Crippen molar-refractivity contribution in [3.8, 4) is 22.8 Å². The lowest BCUT2D eigenvalue weighted by Gasteiger charge is -2.42. The lowest BCUT2D eigenvalue weighted by molar-refractivity contribution is 0.0376. The molecule has 4 N–H and O–H groups in total. The van der Waals surface area contributed by atoms with E-state index in [0.29, 0.717) is 17.1 Å². The summed E-state index contributed by atoms with van der Waals surface area (Å²) in [6, 6.07) is 8.82. The first-order valence-electron chi connectivity index (χ1n) is 9.95. The smallest absolute Gasteiger partial charge is 0.469 e. The van der Waals surface area contributed by atoms with Crippen LogP contribution in [0.5, 0.6) is 11.5 Å². The van der Waals surface area contributed by atoms with Crippen LogP contribution in [0.15, 0.2) is 45.6 Å². The summed E-state index contributed by atoms with van der Waals surface area (Å²) in [4.78, 5) is 33.5. The van der Waals surface area contributed by atoms with E-state index in [1.54, 1.807) is 36.2 Å². The van der Waals surface area contributed by atoms with Gasteiger partial charge < -0.3 is 29.3 Å². The molecule has 9 nitrogen and oxygen atoms in total. The SMILES string of the molecule is [B]C1[C@@H](OP(=O)(O)O)[C@@H](c2c(O)cc(O)c3c(=O)cc(-c4ccccc4Cl)oc23)CCN1C. The van der Waals surface area contributed by atoms with Gasteiger partial charge in [-0.05, 0) is 38.1 Å². The zero-order chi connectivity index (χ0) is 24.1. The topological polar surface area (TPSA) is 141 Å². The van der Waals surface area contributed by atoms with Crippen molar-refractivity contribution in [2.75, 3.05) is 13.6 Å². The lowest BCUT2D eigenvalue weighted by Crippen LogP contribution is -2.51. The fourth-order valence-electron chi connectivity index (χ4n) is 4.22. The molecule has 1 aliphatic rings. The van der Waals surface area contributed by atoms with Gasteiger partial charge in [-0.2, -0.15) is 0 Å². The van der Waals surface area contributed by atoms with Crippen LogP contribution in [0.25, 0.3) is 22.3 Å². The van der Waals surface area contributed by atoms with Gasteiger partial charge in [-0.1, -0.05) is 23.7 Å². The zero-order valence-corrected chi connectivity index (χ0v) is 19.0. The summed E-state index contributed by atoms with van der Waals surface area (Å²) >= 11 is 6.25. The van der Waals surface area contributed by atoms with Crippen LogP contribution >= 0.6 is 19.4 Å². The van der Waals surface area contributed by atoms with Crippen molar-refractivity contribution in [3.05, 3.63) is 57.2 Å². The highest BCUT2D eigenvalue weighted by Gasteiger charge is 2.41. The van der Waals surface area contributed by atoms with E-state index < -0.39 is 42.7 Å². The fourth-order valence-corrected chi connectivity index (χ4v) is 5.04. The first kappa shape index (κ1) is 23.8. The predicted octanol–water partition coefficient (Wildman–Crippen LogP) is 2.92. The third-order valence-corrected chi connectivity index (χ3v) is 6.65. The van der Waals surface area contributed by atoms with Crippen molar-refractivity contribution >= 4 is 38.2 Å². The molecular weight excluding hydrogens is 471 g/mol. The van der Waals surface area contributed by atoms with Gasteiger partial charge in [0.1, 0.15) is 28.2 Å². The summed E-state index contributed by atoms with van der Waals surface area (Å²) in [5.74, 6) is -2.64. The summed E-state index contributed by atoms with van der Waals surface area (Å²) < 4.78 is 22.7. The van der Waals surface area contributed by atoms with Crippen molar-refractivity contribution in [2.45, 2.75) is 24.4 Å². The highest BCUT2D eigenvalue weighted by atomic mass is 35.5. The Bertz CT molecular complexity index is 1330. The maximum atomic E-state index is 12.9. The molecule has 1 fully saturated rings. The molecule has 2 aromatic carbocycles. The van der Waals surface area contributed by atoms with Gasteiger partial charge in [-0.3, -0.25) is 9.32 Å². The number of phosphoric ester groups is 1. The summed E-state index contributed by atoms with van der Waals surface area (Å²) in [6.07, 6.45) is -0.986. The van der Waals surface area contributed by atoms with Crippen LogP contribution in [0.2, 0.25) is 5.02 Å². The maximum Gasteiger partial charge on any atom is 0.469 e. The van der Waals surface area contributed by atoms with Gasteiger partial charge >= 0.3 is 7.82 Å². The molecule has 3 atom stereocenters. The predicted molar refractivity (Wildman–Crippen MR) is 123 cm³/mol. The Morgan fingerprint density at radius 2 is 1.91 bits per heavy atom. The summed E-state index contributed by atoms with van der Waals surface area (Å²) in [5, 5.41) is 21.3. The highest BCUT2D eigenvalue weighted by molar-refractivity contribution is 7.46. The van der Waals surface area contributed by atoms with Crippen molar-refractivity contribution in [1.29, 1.82) is 0 Å². The number of hydrogen-bond acceptors (Lipinski definition) is 7. The summed E-state index contributed by atoms with van der Waals surface area (Å²) in [6.45, 7) is 0.406. The molecule has 3 aromatic rings. The number of halogens is 1. The Kier molecular flexibility index (Phi) is 6.35. The third kappa shape index (κ3) is 4.55. The van der Waals surface area contributed by atoms with Gasteiger partial charge in [0, 0.05) is 29.2 Å². The van der Waals surface area contributed by atoms with Crippen LogP contribution < -0.4 is 5.43 Å². The molecule has 2 heterocycles. The number of aromatic hydroxyl groups is 2. The number of piperidine rings is 1. The summed E-state index contributed by atoms with van der Waals surface area (Å²) in [7, 11) is 2.88. The monoisotopic (exact) mass is 491 g/mol. The van der Waals surface area contributed by atoms with Crippen LogP contribution in [-0.4, -0.2) is 58.4 Å². The van der Waals surface area contributed by atoms with E-state index in [1.807, 2.05) is 0 Å². The van der Waals surface area contributed by atoms with E-state index in [4.69, 9.17) is 28.4 Å². The number of phosphoric acid groups is 1. The largest absolute Gasteiger partial charge is 0.507 e. The van der Waals surface area contributed by atoms with Gasteiger partial charge in [-0.15, -0.1) is 0 Å². The van der Waals surface area contributed by atoms with Crippen LogP contribution in [0, 0.1) is 0 Å². The molecule has 0 bridgehead atoms. The number of rotatable bonds is 4. The Morgan fingerprint density at radius 1 is 1.21 bits per heavy atom. The second-order valence-corrected chi connectivity index (χ2v) is 9.51. The number of nitrogens with zero attached hydrogens (tertiary/aromatic N) is 1. The molecule has 4 rings (SSSR count). The number of likely N-dealkylation sites (tertiary alicyclic amines) is 1. The van der Waals surface area contributed by atoms with Crippen LogP contribution in [0.4, 0.5) is 0 Å². The molecule has 0 aliphatic carbocycles. The molecule has 12 heteroatoms. The molecule has 1 aromatic heterocycles. The minimum absolute atomic E-state index is 0.0517. The average molecular weight is 492 g/mol. The van der Waals surface area contributed by atoms with Gasteiger partial charge in [0.05, 0.1) is 19.0 Å². The van der Waals surface area contributed by atoms with Gasteiger partial charge in [0.2, 0.25) is 0 Å². The quantitative estimate of drug-likeness (QED) is 0.320. The Labute approximate surface area is 194 Å². The number of likely N-dealkylation sites (N-methyl/N-ethyl adjacent to an activating group) is 1. The third-order valence-electron chi connectivity index (χ3n) is 5.80. The molecular formula is C21H20BClNO8P. The number of benzene rings is 2. The first-order valence-corrected chi connectivity index (χ1v) is 11.9. The van der Waals surface area contributed by atoms with E-state index >= 15 is 0 Å². The van der Waals surface area contributed by atoms with Crippen LogP contribution in [-0.2, 0) is 9.09 Å². The Balaban J connectivity index is 1.99. The maximum absolute atomic E-state index is 12.9. The van der Waals surface area contributed by atoms with Crippen LogP contribution in [0.3, 0.4) is 0 Å². The second kappa shape index (κ2) is 8.79. The van der Waals surface area contributed by atoms with E-state index in [-0.39, 0.29) is 28.7 Å². The normalized spacial score (nSPS) is 22.0. The molecule has 33 heavy (non-hydrogen) atoms. The fraction of sp³-hybridized carbons (Fsp3) is 0.286. The van der Waals surface area contributed by atoms with E-state index in [0.717, 1.165) is 6.07 Å². The summed E-state index contributed by atoms with van der Waals surface area (Å²) in [5.41, 5.74) is -0.267. The van der Waals surface area contributed by atoms with Crippen molar-refractivity contribution in [2.24, 2.45) is 0 Å². The highest BCUT2D eigenvalue weighted by Crippen LogP contribution is 2.49. The van der Waals surface area contributed by atoms with E-state index in [2.05, 4.69) is 0 Å². The molecule has 1 unspecified atom stereocenters. The van der Waals surface area contributed by atoms with Gasteiger partial charge in [0.15, 0.2) is 5.43 Å². The molecule has 0 amide bonds. The van der Waals surface area contributed by atoms with E-state index in [1.165, 1.54) is 6.07 Å². The Morgan fingerprint density at radius 3 is 2.58 bits per heavy atom. The first-order chi connectivity index (χ1) is 15.5. The standard InChI is InChI=1S/C21H20BClNO8P/c1-24-7-6-11(19(21(24)22)32-33(28,29)30)17-13(25)8-14(26)18-15(27)9-16(31-20(17)18)10-4-2-3-5-12(10)23/h2-5,8-9,11,19,21,25-26H,6-7H2,1H3,(H2,28,29,30)/t11-,19+,21?/m1/s1. The molecule has 172 valence electrons. The number of fused-ring (bicyclic) bond motifs is 1. The van der Waals surface area contributed by atoms with Crippen molar-refractivity contribution < 1.29 is 33.5 Å². The molecule has 0 spiro atoms. The molecule has 1 aliphatic heterocycles. The molecule has 2 radical (unpaired) electrons. The zero-order valence-electron chi connectivity index (χ0n) is 17.4. The van der Waals surface area contributed by atoms with Gasteiger partial charge in [0.25, 0.3) is 0 Å². The average Bonchev–Trinajstić information content (AvgIpc) is 2.71. The number of phenols is 2. The van der Waals surface area contributed by atoms with Crippen LogP contribution in [0.1, 0.15) is 17.9 Å².